The molecule has 1 atom stereocenters. The summed E-state index contributed by atoms with van der Waals surface area (Å²) in [5, 5.41) is 8.01. The number of nitrogens with one attached hydrogen (secondary N) is 3. The van der Waals surface area contributed by atoms with Crippen LogP contribution in [-0.2, 0) is 9.59 Å². The molecule has 0 fully saturated rings. The molecular weight excluding hydrogens is 348 g/mol. The molecule has 1 aliphatic rings. The molecule has 0 aliphatic carbocycles. The predicted molar refractivity (Wildman–Crippen MR) is 99.1 cm³/mol. The monoisotopic (exact) mass is 366 g/mol. The van der Waals surface area contributed by atoms with Crippen LogP contribution >= 0.6 is 0 Å². The second-order valence-electron chi connectivity index (χ2n) is 6.09. The average Bonchev–Trinajstić information content (AvgIpc) is 2.77. The highest BCUT2D eigenvalue weighted by atomic mass is 16.2. The summed E-state index contributed by atoms with van der Waals surface area (Å²) in [4.78, 5) is 47.7. The molecule has 4 amide bonds. The summed E-state index contributed by atoms with van der Waals surface area (Å²) in [5.41, 5.74) is 6.84. The summed E-state index contributed by atoms with van der Waals surface area (Å²) in [6, 6.07) is 12.0. The Kier molecular flexibility index (Phi) is 5.16. The van der Waals surface area contributed by atoms with E-state index >= 15 is 0 Å². The van der Waals surface area contributed by atoms with Crippen LogP contribution in [0.3, 0.4) is 0 Å². The van der Waals surface area contributed by atoms with Gasteiger partial charge in [0, 0.05) is 17.7 Å². The Balaban J connectivity index is 1.58. The molecule has 27 heavy (non-hydrogen) atoms. The van der Waals surface area contributed by atoms with Gasteiger partial charge in [-0.15, -0.1) is 0 Å². The zero-order valence-electron chi connectivity index (χ0n) is 14.3. The number of hydrogen-bond donors (Lipinski definition) is 4. The molecular formula is C19H18N4O4. The first-order valence-electron chi connectivity index (χ1n) is 8.34. The van der Waals surface area contributed by atoms with Crippen LogP contribution in [0.2, 0.25) is 0 Å². The number of hydrogen-bond acceptors (Lipinski definition) is 4. The molecule has 2 aromatic carbocycles. The molecule has 8 heteroatoms. The number of carbonyl (C=O) groups excluding carboxylic acids is 4. The van der Waals surface area contributed by atoms with Crippen LogP contribution in [0, 0.1) is 0 Å². The van der Waals surface area contributed by atoms with E-state index in [0.29, 0.717) is 22.5 Å². The van der Waals surface area contributed by atoms with Crippen molar-refractivity contribution >= 4 is 35.0 Å². The Morgan fingerprint density at radius 2 is 1.74 bits per heavy atom. The van der Waals surface area contributed by atoms with E-state index in [-0.39, 0.29) is 30.6 Å². The topological polar surface area (TPSA) is 130 Å². The number of primary amides is 1. The fourth-order valence-electron chi connectivity index (χ4n) is 2.73. The zero-order valence-corrected chi connectivity index (χ0v) is 14.3. The van der Waals surface area contributed by atoms with Crippen molar-refractivity contribution in [2.75, 3.05) is 10.6 Å². The minimum Gasteiger partial charge on any atom is -0.366 e. The summed E-state index contributed by atoms with van der Waals surface area (Å²) in [7, 11) is 0. The van der Waals surface area contributed by atoms with Gasteiger partial charge in [-0.05, 0) is 42.8 Å². The van der Waals surface area contributed by atoms with Crippen molar-refractivity contribution in [2.24, 2.45) is 5.73 Å². The number of amides is 4. The molecule has 2 aromatic rings. The average molecular weight is 366 g/mol. The molecule has 0 unspecified atom stereocenters. The molecule has 0 bridgehead atoms. The molecule has 8 nitrogen and oxygen atoms in total. The first-order valence-corrected chi connectivity index (χ1v) is 8.34. The molecule has 0 saturated heterocycles. The molecule has 0 radical (unpaired) electrons. The van der Waals surface area contributed by atoms with Gasteiger partial charge in [0.15, 0.2) is 0 Å². The Hall–Kier alpha value is -3.68. The van der Waals surface area contributed by atoms with Crippen LogP contribution in [-0.4, -0.2) is 29.7 Å². The van der Waals surface area contributed by atoms with Crippen LogP contribution in [0.25, 0.3) is 0 Å². The van der Waals surface area contributed by atoms with E-state index in [1.807, 2.05) is 0 Å². The lowest BCUT2D eigenvalue weighted by atomic mass is 10.1. The summed E-state index contributed by atoms with van der Waals surface area (Å²) in [6.07, 6.45) is 0.184. The molecule has 1 heterocycles. The number of carbonyl (C=O) groups is 4. The quantitative estimate of drug-likeness (QED) is 0.634. The minimum absolute atomic E-state index is 0.0340. The van der Waals surface area contributed by atoms with Crippen LogP contribution in [0.15, 0.2) is 48.5 Å². The van der Waals surface area contributed by atoms with Crippen molar-refractivity contribution in [1.29, 1.82) is 0 Å². The van der Waals surface area contributed by atoms with E-state index in [2.05, 4.69) is 16.0 Å². The van der Waals surface area contributed by atoms with Crippen molar-refractivity contribution < 1.29 is 19.2 Å². The third kappa shape index (κ3) is 4.30. The van der Waals surface area contributed by atoms with Crippen LogP contribution in [0.5, 0.6) is 0 Å². The Bertz CT molecular complexity index is 908. The lowest BCUT2D eigenvalue weighted by Gasteiger charge is -2.14. The first-order chi connectivity index (χ1) is 12.9. The van der Waals surface area contributed by atoms with E-state index < -0.39 is 11.9 Å². The molecule has 138 valence electrons. The van der Waals surface area contributed by atoms with Crippen molar-refractivity contribution in [3.8, 4) is 0 Å². The number of anilines is 2. The third-order valence-electron chi connectivity index (χ3n) is 4.16. The number of benzene rings is 2. The smallest absolute Gasteiger partial charge is 0.254 e. The van der Waals surface area contributed by atoms with Gasteiger partial charge in [0.2, 0.25) is 17.7 Å². The lowest BCUT2D eigenvalue weighted by Crippen LogP contribution is -2.41. The number of para-hydroxylation sites is 1. The van der Waals surface area contributed by atoms with Crippen molar-refractivity contribution in [1.82, 2.24) is 5.32 Å². The predicted octanol–water partition coefficient (Wildman–Crippen LogP) is 1.25. The van der Waals surface area contributed by atoms with E-state index in [9.17, 15) is 19.2 Å². The summed E-state index contributed by atoms with van der Waals surface area (Å²) >= 11 is 0. The van der Waals surface area contributed by atoms with Crippen molar-refractivity contribution in [3.63, 3.8) is 0 Å². The zero-order chi connectivity index (χ0) is 19.4. The Labute approximate surface area is 155 Å². The van der Waals surface area contributed by atoms with Gasteiger partial charge in [0.05, 0.1) is 11.3 Å². The first kappa shape index (κ1) is 18.1. The van der Waals surface area contributed by atoms with Gasteiger partial charge >= 0.3 is 0 Å². The van der Waals surface area contributed by atoms with Gasteiger partial charge in [-0.2, -0.15) is 0 Å². The maximum Gasteiger partial charge on any atom is 0.254 e. The Morgan fingerprint density at radius 3 is 2.44 bits per heavy atom. The van der Waals surface area contributed by atoms with Gasteiger partial charge in [0.25, 0.3) is 5.91 Å². The highest BCUT2D eigenvalue weighted by molar-refractivity contribution is 6.10. The number of fused-ring (bicyclic) bond motifs is 1. The van der Waals surface area contributed by atoms with E-state index in [1.165, 1.54) is 12.1 Å². The summed E-state index contributed by atoms with van der Waals surface area (Å²) in [6.45, 7) is 0. The second-order valence-corrected chi connectivity index (χ2v) is 6.09. The van der Waals surface area contributed by atoms with E-state index in [1.54, 1.807) is 36.4 Å². The number of rotatable bonds is 5. The van der Waals surface area contributed by atoms with Crippen LogP contribution in [0.1, 0.15) is 33.6 Å². The van der Waals surface area contributed by atoms with Gasteiger partial charge in [-0.3, -0.25) is 19.2 Å². The largest absolute Gasteiger partial charge is 0.366 e. The van der Waals surface area contributed by atoms with E-state index in [0.717, 1.165) is 0 Å². The summed E-state index contributed by atoms with van der Waals surface area (Å²) in [5.74, 6) is -1.60. The maximum atomic E-state index is 12.3. The van der Waals surface area contributed by atoms with Gasteiger partial charge < -0.3 is 21.7 Å². The maximum absolute atomic E-state index is 12.3. The summed E-state index contributed by atoms with van der Waals surface area (Å²) < 4.78 is 0. The SMILES string of the molecule is NC(=O)c1ccc(NC(=O)CC[C@H]2NC(=O)c3ccccc3NC2=O)cc1. The highest BCUT2D eigenvalue weighted by Crippen LogP contribution is 2.19. The molecule has 0 aromatic heterocycles. The molecule has 5 N–H and O–H groups in total. The fraction of sp³-hybridized carbons (Fsp3) is 0.158. The molecule has 1 aliphatic heterocycles. The van der Waals surface area contributed by atoms with Crippen LogP contribution < -0.4 is 21.7 Å². The number of nitrogens with two attached hydrogens (primary N) is 1. The molecule has 3 rings (SSSR count). The third-order valence-corrected chi connectivity index (χ3v) is 4.16. The van der Waals surface area contributed by atoms with Gasteiger partial charge in [0.1, 0.15) is 6.04 Å². The second kappa shape index (κ2) is 7.69. The standard InChI is InChI=1S/C19H18N4O4/c20-17(25)11-5-7-12(8-6-11)21-16(24)10-9-15-19(27)22-14-4-2-1-3-13(14)18(26)23-15/h1-8,15H,9-10H2,(H2,20,25)(H,21,24)(H,22,27)(H,23,26)/t15-/m1/s1. The van der Waals surface area contributed by atoms with Crippen LogP contribution in [0.4, 0.5) is 11.4 Å². The van der Waals surface area contributed by atoms with E-state index in [4.69, 9.17) is 5.73 Å². The fourth-order valence-corrected chi connectivity index (χ4v) is 2.73. The minimum atomic E-state index is -0.812. The highest BCUT2D eigenvalue weighted by Gasteiger charge is 2.27. The molecule has 0 saturated carbocycles. The normalized spacial score (nSPS) is 15.8. The van der Waals surface area contributed by atoms with Gasteiger partial charge in [-0.1, -0.05) is 12.1 Å². The van der Waals surface area contributed by atoms with Gasteiger partial charge in [-0.25, -0.2) is 0 Å². The van der Waals surface area contributed by atoms with Crippen molar-refractivity contribution in [3.05, 3.63) is 59.7 Å². The molecule has 0 spiro atoms. The van der Waals surface area contributed by atoms with Crippen molar-refractivity contribution in [2.45, 2.75) is 18.9 Å². The lowest BCUT2D eigenvalue weighted by molar-refractivity contribution is -0.118. The Morgan fingerprint density at radius 1 is 1.04 bits per heavy atom.